The molecule has 0 amide bonds. The third-order valence-corrected chi connectivity index (χ3v) is 7.73. The highest BCUT2D eigenvalue weighted by atomic mass is 16.6. The van der Waals surface area contributed by atoms with Crippen LogP contribution >= 0.6 is 0 Å². The minimum atomic E-state index is -0.422. The first-order valence-electron chi connectivity index (χ1n) is 13.4. The maximum absolute atomic E-state index is 12.2. The molecule has 37 heavy (non-hydrogen) atoms. The molecule has 7 heteroatoms. The van der Waals surface area contributed by atoms with Gasteiger partial charge in [0.25, 0.3) is 0 Å². The van der Waals surface area contributed by atoms with Gasteiger partial charge in [-0.05, 0) is 79.9 Å². The van der Waals surface area contributed by atoms with Gasteiger partial charge in [0.15, 0.2) is 6.61 Å². The number of rotatable bonds is 14. The van der Waals surface area contributed by atoms with E-state index in [2.05, 4.69) is 26.1 Å². The lowest BCUT2D eigenvalue weighted by atomic mass is 9.73. The summed E-state index contributed by atoms with van der Waals surface area (Å²) in [6.07, 6.45) is 9.93. The number of carbonyl (C=O) groups excluding carboxylic acids is 3. The number of hydrogen-bond donors (Lipinski definition) is 0. The highest BCUT2D eigenvalue weighted by Gasteiger charge is 2.47. The van der Waals surface area contributed by atoms with Crippen LogP contribution in [0.25, 0.3) is 0 Å². The number of fused-ring (bicyclic) bond motifs is 2. The van der Waals surface area contributed by atoms with Crippen LogP contribution in [0, 0.1) is 17.8 Å². The number of hydrogen-bond acceptors (Lipinski definition) is 7. The molecular formula is C30H40O7. The highest BCUT2D eigenvalue weighted by Crippen LogP contribution is 2.49. The van der Waals surface area contributed by atoms with E-state index in [0.717, 1.165) is 56.9 Å². The van der Waals surface area contributed by atoms with Gasteiger partial charge in [0.05, 0.1) is 7.11 Å². The summed E-state index contributed by atoms with van der Waals surface area (Å²) in [5.41, 5.74) is 2.31. The lowest BCUT2D eigenvalue weighted by molar-refractivity contribution is -0.146. The maximum atomic E-state index is 12.2. The third kappa shape index (κ3) is 7.70. The molecule has 0 aliphatic heterocycles. The van der Waals surface area contributed by atoms with Crippen molar-refractivity contribution in [3.8, 4) is 5.75 Å². The van der Waals surface area contributed by atoms with Gasteiger partial charge in [-0.25, -0.2) is 14.4 Å². The average Bonchev–Trinajstić information content (AvgIpc) is 3.24. The van der Waals surface area contributed by atoms with E-state index in [1.807, 2.05) is 12.1 Å². The number of carbonyl (C=O) groups is 3. The summed E-state index contributed by atoms with van der Waals surface area (Å²) in [5, 5.41) is 0. The predicted molar refractivity (Wildman–Crippen MR) is 140 cm³/mol. The molecule has 5 atom stereocenters. The van der Waals surface area contributed by atoms with Crippen LogP contribution in [-0.2, 0) is 41.4 Å². The fraction of sp³-hybridized carbons (Fsp3) is 0.567. The Kier molecular flexibility index (Phi) is 10.8. The quantitative estimate of drug-likeness (QED) is 0.147. The molecule has 202 valence electrons. The van der Waals surface area contributed by atoms with Gasteiger partial charge in [0.1, 0.15) is 18.0 Å². The molecular weight excluding hydrogens is 472 g/mol. The van der Waals surface area contributed by atoms with Gasteiger partial charge in [-0.1, -0.05) is 45.1 Å². The summed E-state index contributed by atoms with van der Waals surface area (Å²) in [6.45, 7) is 9.12. The van der Waals surface area contributed by atoms with E-state index < -0.39 is 17.9 Å². The second-order valence-electron chi connectivity index (χ2n) is 10.0. The van der Waals surface area contributed by atoms with Crippen molar-refractivity contribution >= 4 is 17.9 Å². The molecule has 1 aromatic rings. The summed E-state index contributed by atoms with van der Waals surface area (Å²) >= 11 is 0. The van der Waals surface area contributed by atoms with E-state index in [0.29, 0.717) is 24.0 Å². The molecule has 2 aliphatic rings. The Hall–Kier alpha value is -3.09. The van der Waals surface area contributed by atoms with Crippen LogP contribution in [0.15, 0.2) is 43.5 Å². The van der Waals surface area contributed by atoms with E-state index >= 15 is 0 Å². The van der Waals surface area contributed by atoms with Crippen molar-refractivity contribution in [3.05, 3.63) is 54.6 Å². The molecule has 0 N–H and O–H groups in total. The number of ether oxygens (including phenoxy) is 4. The number of unbranched alkanes of at least 4 members (excludes halogenated alkanes) is 2. The first-order chi connectivity index (χ1) is 17.9. The number of esters is 3. The minimum absolute atomic E-state index is 0.133. The summed E-state index contributed by atoms with van der Waals surface area (Å²) in [6, 6.07) is 5.94. The van der Waals surface area contributed by atoms with Crippen molar-refractivity contribution in [1.29, 1.82) is 0 Å². The molecule has 1 fully saturated rings. The van der Waals surface area contributed by atoms with E-state index in [1.54, 1.807) is 0 Å². The Labute approximate surface area is 220 Å². The molecule has 0 saturated heterocycles. The molecule has 0 heterocycles. The lowest BCUT2D eigenvalue weighted by Crippen LogP contribution is -2.30. The molecule has 1 aromatic carbocycles. The Balaban J connectivity index is 1.77. The summed E-state index contributed by atoms with van der Waals surface area (Å²) < 4.78 is 22.0. The van der Waals surface area contributed by atoms with E-state index in [4.69, 9.17) is 18.9 Å². The van der Waals surface area contributed by atoms with Crippen LogP contribution in [0.3, 0.4) is 0 Å². The van der Waals surface area contributed by atoms with Crippen LogP contribution < -0.4 is 4.74 Å². The molecule has 2 aliphatic carbocycles. The zero-order valence-corrected chi connectivity index (χ0v) is 22.1. The topological polar surface area (TPSA) is 88.1 Å². The fourth-order valence-electron chi connectivity index (χ4n) is 5.91. The second kappa shape index (κ2) is 14.0. The molecule has 3 unspecified atom stereocenters. The van der Waals surface area contributed by atoms with E-state index in [1.165, 1.54) is 24.8 Å². The van der Waals surface area contributed by atoms with Gasteiger partial charge in [0, 0.05) is 12.2 Å². The standard InChI is InChI=1S/C30H40O7/c1-5-8-9-12-22(36-28(31)6-2)14-15-23-24-16-20-11-10-13-26(35-19-30(33)34-4)25(20)17-21(24)18-27(23)37-29(32)7-3/h6-7,10-11,13,21-24,27H,2-3,5,8-9,12,14-19H2,1,4H3/t21?,22-,23?,24?,27-/m1/s1. The SMILES string of the molecule is C=CC(=O)O[C@H](CCCCC)CCC1C2Cc3cccc(OCC(=O)OC)c3CC2C[C@H]1OC(=O)C=C. The molecule has 0 radical (unpaired) electrons. The van der Waals surface area contributed by atoms with Gasteiger partial charge >= 0.3 is 17.9 Å². The Morgan fingerprint density at radius 1 is 1.08 bits per heavy atom. The smallest absolute Gasteiger partial charge is 0.343 e. The zero-order chi connectivity index (χ0) is 26.8. The second-order valence-corrected chi connectivity index (χ2v) is 10.0. The zero-order valence-electron chi connectivity index (χ0n) is 22.1. The summed E-state index contributed by atoms with van der Waals surface area (Å²) in [7, 11) is 1.34. The van der Waals surface area contributed by atoms with Gasteiger partial charge in [-0.15, -0.1) is 0 Å². The predicted octanol–water partition coefficient (Wildman–Crippen LogP) is 5.15. The molecule has 0 bridgehead atoms. The molecule has 3 rings (SSSR count). The minimum Gasteiger partial charge on any atom is -0.482 e. The van der Waals surface area contributed by atoms with Crippen molar-refractivity contribution < 1.29 is 33.3 Å². The van der Waals surface area contributed by atoms with Crippen molar-refractivity contribution in [3.63, 3.8) is 0 Å². The molecule has 0 spiro atoms. The van der Waals surface area contributed by atoms with Crippen LogP contribution in [-0.4, -0.2) is 43.8 Å². The third-order valence-electron chi connectivity index (χ3n) is 7.73. The van der Waals surface area contributed by atoms with Crippen molar-refractivity contribution in [1.82, 2.24) is 0 Å². The normalized spacial score (nSPS) is 22.6. The van der Waals surface area contributed by atoms with Gasteiger partial charge in [-0.2, -0.15) is 0 Å². The number of methoxy groups -OCH3 is 1. The summed E-state index contributed by atoms with van der Waals surface area (Å²) in [5.74, 6) is 0.274. The van der Waals surface area contributed by atoms with Crippen LogP contribution in [0.1, 0.15) is 63.0 Å². The summed E-state index contributed by atoms with van der Waals surface area (Å²) in [4.78, 5) is 35.7. The lowest BCUT2D eigenvalue weighted by Gasteiger charge is -2.33. The Bertz CT molecular complexity index is 969. The van der Waals surface area contributed by atoms with Crippen molar-refractivity contribution in [2.45, 2.75) is 76.9 Å². The molecule has 7 nitrogen and oxygen atoms in total. The Morgan fingerprint density at radius 3 is 2.57 bits per heavy atom. The monoisotopic (exact) mass is 512 g/mol. The largest absolute Gasteiger partial charge is 0.482 e. The van der Waals surface area contributed by atoms with Crippen LogP contribution in [0.5, 0.6) is 5.75 Å². The van der Waals surface area contributed by atoms with Crippen LogP contribution in [0.4, 0.5) is 0 Å². The van der Waals surface area contributed by atoms with Crippen LogP contribution in [0.2, 0.25) is 0 Å². The fourth-order valence-corrected chi connectivity index (χ4v) is 5.91. The first-order valence-corrected chi connectivity index (χ1v) is 13.4. The maximum Gasteiger partial charge on any atom is 0.343 e. The van der Waals surface area contributed by atoms with E-state index in [-0.39, 0.29) is 24.7 Å². The van der Waals surface area contributed by atoms with Gasteiger partial charge < -0.3 is 18.9 Å². The highest BCUT2D eigenvalue weighted by molar-refractivity contribution is 5.81. The van der Waals surface area contributed by atoms with E-state index in [9.17, 15) is 14.4 Å². The van der Waals surface area contributed by atoms with Crippen molar-refractivity contribution in [2.75, 3.05) is 13.7 Å². The Morgan fingerprint density at radius 2 is 1.86 bits per heavy atom. The first kappa shape index (κ1) is 28.5. The van der Waals surface area contributed by atoms with Gasteiger partial charge in [-0.3, -0.25) is 0 Å². The van der Waals surface area contributed by atoms with Gasteiger partial charge in [0.2, 0.25) is 0 Å². The average molecular weight is 513 g/mol. The molecule has 1 saturated carbocycles. The van der Waals surface area contributed by atoms with Crippen molar-refractivity contribution in [2.24, 2.45) is 17.8 Å². The molecule has 0 aromatic heterocycles. The number of benzene rings is 1.